The molecule has 1 aromatic rings. The van der Waals surface area contributed by atoms with Crippen LogP contribution >= 0.6 is 27.3 Å². The van der Waals surface area contributed by atoms with Crippen molar-refractivity contribution in [1.82, 2.24) is 5.32 Å². The predicted molar refractivity (Wildman–Crippen MR) is 74.9 cm³/mol. The van der Waals surface area contributed by atoms with Crippen molar-refractivity contribution in [1.29, 1.82) is 0 Å². The summed E-state index contributed by atoms with van der Waals surface area (Å²) < 4.78 is 1.23. The van der Waals surface area contributed by atoms with Gasteiger partial charge in [0.1, 0.15) is 0 Å². The first-order valence-corrected chi connectivity index (χ1v) is 7.85. The second-order valence-corrected chi connectivity index (χ2v) is 7.21. The average molecular weight is 302 g/mol. The van der Waals surface area contributed by atoms with Gasteiger partial charge in [-0.3, -0.25) is 0 Å². The first-order chi connectivity index (χ1) is 7.74. The largest absolute Gasteiger partial charge is 0.312 e. The molecule has 1 heterocycles. The summed E-state index contributed by atoms with van der Waals surface area (Å²) in [5.41, 5.74) is 2.01. The molecule has 1 saturated carbocycles. The zero-order chi connectivity index (χ0) is 11.4. The number of nitrogens with one attached hydrogen (secondary N) is 1. The third-order valence-corrected chi connectivity index (χ3v) is 5.42. The van der Waals surface area contributed by atoms with Crippen molar-refractivity contribution in [3.8, 4) is 0 Å². The van der Waals surface area contributed by atoms with Crippen molar-refractivity contribution in [3.05, 3.63) is 20.8 Å². The second kappa shape index (κ2) is 5.65. The molecule has 1 nitrogen and oxygen atoms in total. The Morgan fingerprint density at radius 2 is 2.19 bits per heavy atom. The highest BCUT2D eigenvalue weighted by Crippen LogP contribution is 2.40. The Morgan fingerprint density at radius 3 is 2.75 bits per heavy atom. The van der Waals surface area contributed by atoms with E-state index in [4.69, 9.17) is 0 Å². The Balaban J connectivity index is 1.78. The SMILES string of the molecule is CCC1(CNCc2csc(Br)c2)CCCC1. The van der Waals surface area contributed by atoms with Gasteiger partial charge in [0.2, 0.25) is 0 Å². The quantitative estimate of drug-likeness (QED) is 0.840. The lowest BCUT2D eigenvalue weighted by atomic mass is 9.83. The number of hydrogen-bond acceptors (Lipinski definition) is 2. The molecule has 1 N–H and O–H groups in total. The monoisotopic (exact) mass is 301 g/mol. The van der Waals surface area contributed by atoms with Crippen LogP contribution in [-0.4, -0.2) is 6.54 Å². The molecule has 3 heteroatoms. The van der Waals surface area contributed by atoms with Crippen LogP contribution in [0.5, 0.6) is 0 Å². The third-order valence-electron chi connectivity index (χ3n) is 3.87. The van der Waals surface area contributed by atoms with E-state index in [-0.39, 0.29) is 0 Å². The van der Waals surface area contributed by atoms with Crippen molar-refractivity contribution in [3.63, 3.8) is 0 Å². The summed E-state index contributed by atoms with van der Waals surface area (Å²) >= 11 is 5.27. The zero-order valence-electron chi connectivity index (χ0n) is 9.89. The third kappa shape index (κ3) is 3.08. The highest BCUT2D eigenvalue weighted by molar-refractivity contribution is 9.11. The van der Waals surface area contributed by atoms with Crippen LogP contribution in [0.4, 0.5) is 0 Å². The van der Waals surface area contributed by atoms with Gasteiger partial charge in [0.15, 0.2) is 0 Å². The lowest BCUT2D eigenvalue weighted by Gasteiger charge is -2.27. The number of thiophene rings is 1. The molecule has 0 atom stereocenters. The Bertz CT molecular complexity index is 328. The Kier molecular flexibility index (Phi) is 4.45. The van der Waals surface area contributed by atoms with Gasteiger partial charge in [-0.2, -0.15) is 0 Å². The van der Waals surface area contributed by atoms with Gasteiger partial charge in [0, 0.05) is 13.1 Å². The lowest BCUT2D eigenvalue weighted by Crippen LogP contribution is -2.31. The molecular weight excluding hydrogens is 282 g/mol. The Labute approximate surface area is 111 Å². The molecule has 1 fully saturated rings. The van der Waals surface area contributed by atoms with Gasteiger partial charge in [-0.05, 0) is 57.6 Å². The lowest BCUT2D eigenvalue weighted by molar-refractivity contribution is 0.268. The molecule has 1 aromatic heterocycles. The van der Waals surface area contributed by atoms with Crippen molar-refractivity contribution in [2.75, 3.05) is 6.54 Å². The molecule has 0 aliphatic heterocycles. The minimum Gasteiger partial charge on any atom is -0.312 e. The van der Waals surface area contributed by atoms with Gasteiger partial charge in [0.05, 0.1) is 3.79 Å². The fourth-order valence-electron chi connectivity index (χ4n) is 2.69. The van der Waals surface area contributed by atoms with E-state index in [9.17, 15) is 0 Å². The molecule has 1 aliphatic rings. The van der Waals surface area contributed by atoms with E-state index in [1.807, 2.05) is 0 Å². The number of halogens is 1. The van der Waals surface area contributed by atoms with E-state index in [0.717, 1.165) is 6.54 Å². The van der Waals surface area contributed by atoms with Crippen molar-refractivity contribution < 1.29 is 0 Å². The van der Waals surface area contributed by atoms with Gasteiger partial charge in [-0.25, -0.2) is 0 Å². The van der Waals surface area contributed by atoms with Crippen molar-refractivity contribution >= 4 is 27.3 Å². The fourth-order valence-corrected chi connectivity index (χ4v) is 3.90. The summed E-state index contributed by atoms with van der Waals surface area (Å²) in [6.45, 7) is 4.55. The van der Waals surface area contributed by atoms with E-state index < -0.39 is 0 Å². The first kappa shape index (κ1) is 12.6. The summed E-state index contributed by atoms with van der Waals surface area (Å²) in [5, 5.41) is 5.86. The highest BCUT2D eigenvalue weighted by Gasteiger charge is 2.31. The van der Waals surface area contributed by atoms with Gasteiger partial charge < -0.3 is 5.32 Å². The van der Waals surface area contributed by atoms with Crippen LogP contribution in [0.2, 0.25) is 0 Å². The van der Waals surface area contributed by atoms with E-state index in [2.05, 4.69) is 39.6 Å². The van der Waals surface area contributed by atoms with Gasteiger partial charge in [0.25, 0.3) is 0 Å². The Morgan fingerprint density at radius 1 is 1.44 bits per heavy atom. The first-order valence-electron chi connectivity index (χ1n) is 6.18. The van der Waals surface area contributed by atoms with Crippen LogP contribution < -0.4 is 5.32 Å². The maximum absolute atomic E-state index is 3.63. The summed E-state index contributed by atoms with van der Waals surface area (Å²) in [6.07, 6.45) is 7.03. The van der Waals surface area contributed by atoms with Crippen molar-refractivity contribution in [2.24, 2.45) is 5.41 Å². The molecule has 0 amide bonds. The normalized spacial score (nSPS) is 19.1. The minimum atomic E-state index is 0.604. The molecule has 0 unspecified atom stereocenters. The zero-order valence-corrected chi connectivity index (χ0v) is 12.3. The molecule has 0 spiro atoms. The van der Waals surface area contributed by atoms with E-state index in [1.54, 1.807) is 11.3 Å². The minimum absolute atomic E-state index is 0.604. The molecular formula is C13H20BrNS. The van der Waals surface area contributed by atoms with E-state index in [0.29, 0.717) is 5.41 Å². The fraction of sp³-hybridized carbons (Fsp3) is 0.692. The predicted octanol–water partition coefficient (Wildman–Crippen LogP) is 4.57. The second-order valence-electron chi connectivity index (χ2n) is 4.92. The summed E-state index contributed by atoms with van der Waals surface area (Å²) in [4.78, 5) is 0. The summed E-state index contributed by atoms with van der Waals surface area (Å²) in [7, 11) is 0. The van der Waals surface area contributed by atoms with Gasteiger partial charge >= 0.3 is 0 Å². The number of rotatable bonds is 5. The maximum atomic E-state index is 3.63. The summed E-state index contributed by atoms with van der Waals surface area (Å²) in [5.74, 6) is 0. The standard InChI is InChI=1S/C13H20BrNS/c1-2-13(5-3-4-6-13)10-15-8-11-7-12(14)16-9-11/h7,9,15H,2-6,8,10H2,1H3. The van der Waals surface area contributed by atoms with Crippen LogP contribution in [0.25, 0.3) is 0 Å². The van der Waals surface area contributed by atoms with Gasteiger partial charge in [-0.1, -0.05) is 19.8 Å². The molecule has 0 radical (unpaired) electrons. The van der Waals surface area contributed by atoms with Crippen LogP contribution in [-0.2, 0) is 6.54 Å². The van der Waals surface area contributed by atoms with Crippen LogP contribution in [0.1, 0.15) is 44.6 Å². The Hall–Kier alpha value is 0.140. The van der Waals surface area contributed by atoms with Gasteiger partial charge in [-0.15, -0.1) is 11.3 Å². The van der Waals surface area contributed by atoms with Crippen molar-refractivity contribution in [2.45, 2.75) is 45.6 Å². The molecule has 90 valence electrons. The molecule has 0 bridgehead atoms. The van der Waals surface area contributed by atoms with Crippen LogP contribution in [0, 0.1) is 5.41 Å². The van der Waals surface area contributed by atoms with E-state index in [1.165, 1.54) is 48.0 Å². The topological polar surface area (TPSA) is 12.0 Å². The molecule has 0 saturated heterocycles. The van der Waals surface area contributed by atoms with Crippen LogP contribution in [0.15, 0.2) is 15.2 Å². The number of hydrogen-bond donors (Lipinski definition) is 1. The molecule has 0 aromatic carbocycles. The average Bonchev–Trinajstić information content (AvgIpc) is 2.89. The maximum Gasteiger partial charge on any atom is 0.0701 e. The van der Waals surface area contributed by atoms with Crippen LogP contribution in [0.3, 0.4) is 0 Å². The highest BCUT2D eigenvalue weighted by atomic mass is 79.9. The van der Waals surface area contributed by atoms with E-state index >= 15 is 0 Å². The molecule has 1 aliphatic carbocycles. The molecule has 16 heavy (non-hydrogen) atoms. The smallest absolute Gasteiger partial charge is 0.0701 e. The summed E-state index contributed by atoms with van der Waals surface area (Å²) in [6, 6.07) is 2.21. The molecule has 2 rings (SSSR count).